The molecule has 0 saturated carbocycles. The lowest BCUT2D eigenvalue weighted by Crippen LogP contribution is -2.16. The number of benzene rings is 4. The number of rotatable bonds is 15. The number of aryl methyl sites for hydroxylation is 3. The van der Waals surface area contributed by atoms with Crippen LogP contribution < -0.4 is 21.7 Å². The van der Waals surface area contributed by atoms with Crippen molar-refractivity contribution < 1.29 is 0 Å². The average Bonchev–Trinajstić information content (AvgIpc) is 3.79. The molecular formula is C46H54N10. The molecule has 0 bridgehead atoms. The van der Waals surface area contributed by atoms with E-state index in [-0.39, 0.29) is 0 Å². The second-order valence-corrected chi connectivity index (χ2v) is 14.2. The van der Waals surface area contributed by atoms with E-state index in [1.165, 1.54) is 16.7 Å². The lowest BCUT2D eigenvalue weighted by molar-refractivity contribution is 0.690. The molecule has 0 atom stereocenters. The van der Waals surface area contributed by atoms with Crippen molar-refractivity contribution in [2.24, 2.45) is 0 Å². The van der Waals surface area contributed by atoms with Crippen molar-refractivity contribution in [2.75, 3.05) is 24.9 Å². The second kappa shape index (κ2) is 18.2. The first-order chi connectivity index (χ1) is 27.6. The van der Waals surface area contributed by atoms with Crippen molar-refractivity contribution in [3.05, 3.63) is 131 Å². The van der Waals surface area contributed by atoms with E-state index in [0.717, 1.165) is 125 Å². The van der Waals surface area contributed by atoms with Crippen LogP contribution in [0, 0.1) is 0 Å². The number of nitrogens with one attached hydrogen (secondary N) is 4. The number of hydrogen-bond donors (Lipinski definition) is 4. The van der Waals surface area contributed by atoms with Crippen molar-refractivity contribution in [1.82, 2.24) is 39.9 Å². The van der Waals surface area contributed by atoms with Gasteiger partial charge in [-0.2, -0.15) is 0 Å². The molecule has 4 aromatic carbocycles. The third-order valence-electron chi connectivity index (χ3n) is 10.3. The van der Waals surface area contributed by atoms with Crippen LogP contribution in [0.4, 0.5) is 11.6 Å². The summed E-state index contributed by atoms with van der Waals surface area (Å²) >= 11 is 0. The molecule has 8 aromatic rings. The average molecular weight is 747 g/mol. The topological polar surface area (TPSA) is 110 Å². The molecule has 10 nitrogen and oxygen atoms in total. The van der Waals surface area contributed by atoms with Crippen molar-refractivity contribution in [2.45, 2.75) is 78.8 Å². The summed E-state index contributed by atoms with van der Waals surface area (Å²) in [5.41, 5.74) is 22.4. The zero-order chi connectivity index (χ0) is 38.9. The van der Waals surface area contributed by atoms with E-state index in [1.807, 2.05) is 26.2 Å². The highest BCUT2D eigenvalue weighted by Crippen LogP contribution is 2.33. The Labute approximate surface area is 329 Å². The number of nitrogens with zero attached hydrogens (tertiary/aromatic N) is 6. The van der Waals surface area contributed by atoms with Gasteiger partial charge in [0.15, 0.2) is 11.6 Å². The van der Waals surface area contributed by atoms with E-state index in [1.54, 1.807) is 0 Å². The maximum Gasteiger partial charge on any atom is 0.169 e. The highest BCUT2D eigenvalue weighted by molar-refractivity contribution is 6.08. The van der Waals surface area contributed by atoms with Crippen LogP contribution in [0.2, 0.25) is 0 Å². The maximum atomic E-state index is 5.05. The Bertz CT molecular complexity index is 2520. The molecule has 288 valence electrons. The number of anilines is 2. The smallest absolute Gasteiger partial charge is 0.169 e. The van der Waals surface area contributed by atoms with Crippen LogP contribution in [0.1, 0.15) is 74.8 Å². The summed E-state index contributed by atoms with van der Waals surface area (Å²) in [6.07, 6.45) is 7.53. The minimum atomic E-state index is 0.774. The fraction of sp³-hybridized carbons (Fsp3) is 0.304. The van der Waals surface area contributed by atoms with Crippen LogP contribution in [0.25, 0.3) is 43.9 Å². The van der Waals surface area contributed by atoms with Gasteiger partial charge in [-0.05, 0) is 48.1 Å². The molecule has 0 spiro atoms. The second-order valence-electron chi connectivity index (χ2n) is 14.2. The van der Waals surface area contributed by atoms with E-state index >= 15 is 0 Å². The summed E-state index contributed by atoms with van der Waals surface area (Å²) in [5.74, 6) is 3.79. The monoisotopic (exact) mass is 746 g/mol. The van der Waals surface area contributed by atoms with Gasteiger partial charge in [0.05, 0.1) is 22.1 Å². The zero-order valence-electron chi connectivity index (χ0n) is 33.4. The number of unbranched alkanes of at least 4 members (excludes halogenated alkanes) is 2. The Morgan fingerprint density at radius 1 is 0.482 bits per heavy atom. The highest BCUT2D eigenvalue weighted by atomic mass is 15.4. The standard InChI is InChI=1S/C24H29N5.C22H25N5/c1-4-6-11-21-27-22-23(29(21)16-18-14-12-17(5-2)13-15-18)19-9-7-8-10-20(19)26-24(22)28-25-3;1-3-4-14-19-25-20-21(27(19)15-16-10-6-5-7-11-16)17-12-8-9-13-18(17)24-22(20)26-23-2/h7-10,12-15,25H,4-6,11,16H2,1-3H3,(H,26,28);5-13,23H,3-4,14-15H2,1-2H3,(H,24,26). The van der Waals surface area contributed by atoms with Gasteiger partial charge in [-0.1, -0.05) is 125 Å². The minimum Gasteiger partial charge on any atom is -0.323 e. The molecule has 0 aliphatic heterocycles. The Balaban J connectivity index is 0.000000172. The lowest BCUT2D eigenvalue weighted by Gasteiger charge is -2.12. The van der Waals surface area contributed by atoms with Gasteiger partial charge in [0, 0.05) is 50.8 Å². The zero-order valence-corrected chi connectivity index (χ0v) is 33.4. The normalized spacial score (nSPS) is 11.4. The lowest BCUT2D eigenvalue weighted by atomic mass is 10.1. The Kier molecular flexibility index (Phi) is 12.5. The Hall–Kier alpha value is -5.84. The van der Waals surface area contributed by atoms with Gasteiger partial charge in [-0.15, -0.1) is 0 Å². The van der Waals surface area contributed by atoms with Gasteiger partial charge in [0.2, 0.25) is 0 Å². The number of aromatic nitrogens is 6. The van der Waals surface area contributed by atoms with Crippen molar-refractivity contribution in [3.8, 4) is 0 Å². The first kappa shape index (κ1) is 38.4. The van der Waals surface area contributed by atoms with Crippen LogP contribution in [0.5, 0.6) is 0 Å². The number of pyridine rings is 2. The Morgan fingerprint density at radius 2 is 0.911 bits per heavy atom. The summed E-state index contributed by atoms with van der Waals surface area (Å²) in [5, 5.41) is 2.28. The van der Waals surface area contributed by atoms with Gasteiger partial charge >= 0.3 is 0 Å². The molecule has 8 rings (SSSR count). The number of hydrogen-bond acceptors (Lipinski definition) is 8. The van der Waals surface area contributed by atoms with Gasteiger partial charge in [-0.3, -0.25) is 0 Å². The van der Waals surface area contributed by atoms with E-state index in [9.17, 15) is 0 Å². The summed E-state index contributed by atoms with van der Waals surface area (Å²) in [7, 11) is 3.70. The van der Waals surface area contributed by atoms with Crippen LogP contribution in [-0.2, 0) is 32.4 Å². The van der Waals surface area contributed by atoms with E-state index in [4.69, 9.17) is 19.9 Å². The molecule has 0 aliphatic carbocycles. The number of imidazole rings is 2. The molecule has 10 heteroatoms. The third kappa shape index (κ3) is 8.22. The fourth-order valence-electron chi connectivity index (χ4n) is 7.40. The largest absolute Gasteiger partial charge is 0.323 e. The van der Waals surface area contributed by atoms with E-state index in [2.05, 4.69) is 143 Å². The van der Waals surface area contributed by atoms with Crippen molar-refractivity contribution >= 4 is 55.5 Å². The van der Waals surface area contributed by atoms with Gasteiger partial charge in [-0.25, -0.2) is 30.8 Å². The molecule has 56 heavy (non-hydrogen) atoms. The fourth-order valence-corrected chi connectivity index (χ4v) is 7.40. The quantitative estimate of drug-likeness (QED) is 0.0769. The molecule has 0 saturated heterocycles. The SMILES string of the molecule is CCCCc1nc2c(NNC)nc3ccccc3c2n1Cc1ccc(CC)cc1.CCCCc1nc2c(NNC)nc3ccccc3c2n1Cc1ccccc1. The van der Waals surface area contributed by atoms with E-state index in [0.29, 0.717) is 0 Å². The van der Waals surface area contributed by atoms with Crippen molar-refractivity contribution in [3.63, 3.8) is 0 Å². The molecule has 4 aromatic heterocycles. The number of fused-ring (bicyclic) bond motifs is 6. The van der Waals surface area contributed by atoms with Gasteiger partial charge < -0.3 is 20.0 Å². The first-order valence-corrected chi connectivity index (χ1v) is 20.1. The maximum absolute atomic E-state index is 5.05. The summed E-state index contributed by atoms with van der Waals surface area (Å²) in [6, 6.07) is 36.1. The third-order valence-corrected chi connectivity index (χ3v) is 10.3. The van der Waals surface area contributed by atoms with Crippen LogP contribution >= 0.6 is 0 Å². The number of para-hydroxylation sites is 2. The highest BCUT2D eigenvalue weighted by Gasteiger charge is 2.20. The van der Waals surface area contributed by atoms with Crippen LogP contribution in [0.3, 0.4) is 0 Å². The summed E-state index contributed by atoms with van der Waals surface area (Å²) in [6.45, 7) is 8.25. The molecular weight excluding hydrogens is 693 g/mol. The Morgan fingerprint density at radius 3 is 1.36 bits per heavy atom. The molecule has 0 fully saturated rings. The minimum absolute atomic E-state index is 0.774. The van der Waals surface area contributed by atoms with E-state index < -0.39 is 0 Å². The molecule has 4 heterocycles. The predicted molar refractivity (Wildman–Crippen MR) is 233 cm³/mol. The predicted octanol–water partition coefficient (Wildman–Crippen LogP) is 9.61. The molecule has 0 aliphatic rings. The van der Waals surface area contributed by atoms with Crippen LogP contribution in [-0.4, -0.2) is 43.2 Å². The molecule has 0 unspecified atom stereocenters. The van der Waals surface area contributed by atoms with Crippen molar-refractivity contribution in [1.29, 1.82) is 0 Å². The first-order valence-electron chi connectivity index (χ1n) is 20.1. The molecule has 0 radical (unpaired) electrons. The summed E-state index contributed by atoms with van der Waals surface area (Å²) < 4.78 is 4.75. The van der Waals surface area contributed by atoms with Gasteiger partial charge in [0.1, 0.15) is 22.7 Å². The van der Waals surface area contributed by atoms with Crippen LogP contribution in [0.15, 0.2) is 103 Å². The molecule has 4 N–H and O–H groups in total. The van der Waals surface area contributed by atoms with Gasteiger partial charge in [0.25, 0.3) is 0 Å². The summed E-state index contributed by atoms with van der Waals surface area (Å²) in [4.78, 5) is 19.7. The molecule has 0 amide bonds. The number of hydrazine groups is 2.